The zero-order valence-electron chi connectivity index (χ0n) is 14.4. The molecular weight excluding hydrogens is 358 g/mol. The molecule has 2 aromatic rings. The Balaban J connectivity index is 2.10. The van der Waals surface area contributed by atoms with E-state index in [4.69, 9.17) is 4.74 Å². The third-order valence-corrected chi connectivity index (χ3v) is 3.74. The van der Waals surface area contributed by atoms with Gasteiger partial charge in [-0.05, 0) is 37.1 Å². The number of rotatable bonds is 6. The van der Waals surface area contributed by atoms with E-state index in [1.807, 2.05) is 0 Å². The monoisotopic (exact) mass is 373 g/mol. The Morgan fingerprint density at radius 1 is 1.00 bits per heavy atom. The molecule has 0 aliphatic rings. The molecular formula is C17H15N3O7. The van der Waals surface area contributed by atoms with E-state index in [2.05, 4.69) is 5.32 Å². The normalized spacial score (nSPS) is 10.1. The van der Waals surface area contributed by atoms with Gasteiger partial charge in [0.1, 0.15) is 11.3 Å². The largest absolute Gasteiger partial charge is 0.452 e. The molecule has 10 heteroatoms. The van der Waals surface area contributed by atoms with Gasteiger partial charge in [-0.25, -0.2) is 4.79 Å². The fourth-order valence-electron chi connectivity index (χ4n) is 2.25. The molecule has 0 aliphatic heterocycles. The van der Waals surface area contributed by atoms with Gasteiger partial charge in [-0.2, -0.15) is 0 Å². The number of amides is 1. The van der Waals surface area contributed by atoms with Crippen LogP contribution in [-0.4, -0.2) is 28.3 Å². The number of anilines is 1. The quantitative estimate of drug-likeness (QED) is 0.466. The molecule has 0 aliphatic carbocycles. The van der Waals surface area contributed by atoms with Gasteiger partial charge in [-0.15, -0.1) is 0 Å². The van der Waals surface area contributed by atoms with Crippen molar-refractivity contribution in [2.45, 2.75) is 13.8 Å². The second-order valence-electron chi connectivity index (χ2n) is 5.61. The number of aryl methyl sites for hydroxylation is 2. The van der Waals surface area contributed by atoms with Crippen LogP contribution >= 0.6 is 0 Å². The number of nitro benzene ring substituents is 2. The lowest BCUT2D eigenvalue weighted by molar-refractivity contribution is -0.385. The molecule has 0 atom stereocenters. The van der Waals surface area contributed by atoms with Crippen molar-refractivity contribution in [1.82, 2.24) is 0 Å². The Morgan fingerprint density at radius 3 is 2.22 bits per heavy atom. The van der Waals surface area contributed by atoms with Crippen LogP contribution in [0.4, 0.5) is 17.1 Å². The van der Waals surface area contributed by atoms with Crippen LogP contribution in [0.15, 0.2) is 36.4 Å². The molecule has 0 unspecified atom stereocenters. The highest BCUT2D eigenvalue weighted by molar-refractivity contribution is 5.98. The first-order chi connectivity index (χ1) is 12.7. The predicted molar refractivity (Wildman–Crippen MR) is 94.6 cm³/mol. The lowest BCUT2D eigenvalue weighted by atomic mass is 10.1. The summed E-state index contributed by atoms with van der Waals surface area (Å²) in [7, 11) is 0. The number of hydrogen-bond donors (Lipinski definition) is 1. The van der Waals surface area contributed by atoms with Gasteiger partial charge in [0.2, 0.25) is 0 Å². The average Bonchev–Trinajstić information content (AvgIpc) is 2.62. The van der Waals surface area contributed by atoms with Crippen molar-refractivity contribution < 1.29 is 24.2 Å². The molecule has 2 rings (SSSR count). The second-order valence-corrected chi connectivity index (χ2v) is 5.61. The number of hydrogen-bond acceptors (Lipinski definition) is 7. The maximum atomic E-state index is 12.0. The number of benzene rings is 2. The van der Waals surface area contributed by atoms with E-state index in [9.17, 15) is 29.8 Å². The van der Waals surface area contributed by atoms with Gasteiger partial charge in [-0.3, -0.25) is 25.0 Å². The fourth-order valence-corrected chi connectivity index (χ4v) is 2.25. The number of esters is 1. The summed E-state index contributed by atoms with van der Waals surface area (Å²) in [6, 6.07) is 7.91. The number of carbonyl (C=O) groups excluding carboxylic acids is 2. The van der Waals surface area contributed by atoms with E-state index < -0.39 is 34.0 Å². The molecule has 0 heterocycles. The molecule has 27 heavy (non-hydrogen) atoms. The highest BCUT2D eigenvalue weighted by Gasteiger charge is 2.22. The minimum absolute atomic E-state index is 0.0326. The molecule has 10 nitrogen and oxygen atoms in total. The second kappa shape index (κ2) is 8.04. The fraction of sp³-hybridized carbons (Fsp3) is 0.176. The molecule has 0 saturated carbocycles. The molecule has 0 bridgehead atoms. The molecule has 2 aromatic carbocycles. The van der Waals surface area contributed by atoms with E-state index in [1.54, 1.807) is 13.8 Å². The van der Waals surface area contributed by atoms with Crippen LogP contribution < -0.4 is 5.32 Å². The number of para-hydroxylation sites is 1. The van der Waals surface area contributed by atoms with Crippen molar-refractivity contribution >= 4 is 28.9 Å². The van der Waals surface area contributed by atoms with Crippen LogP contribution in [0.1, 0.15) is 21.5 Å². The molecule has 0 saturated heterocycles. The Morgan fingerprint density at radius 2 is 1.59 bits per heavy atom. The predicted octanol–water partition coefficient (Wildman–Crippen LogP) is 2.92. The summed E-state index contributed by atoms with van der Waals surface area (Å²) < 4.78 is 4.78. The van der Waals surface area contributed by atoms with Crippen molar-refractivity contribution in [3.63, 3.8) is 0 Å². The summed E-state index contributed by atoms with van der Waals surface area (Å²) in [4.78, 5) is 44.6. The van der Waals surface area contributed by atoms with Crippen LogP contribution in [0.3, 0.4) is 0 Å². The minimum atomic E-state index is -1.05. The molecule has 0 fully saturated rings. The summed E-state index contributed by atoms with van der Waals surface area (Å²) in [5.74, 6) is -1.86. The number of carbonyl (C=O) groups is 2. The highest BCUT2D eigenvalue weighted by atomic mass is 16.6. The standard InChI is InChI=1S/C17H15N3O7/c1-10-7-13(15(20(25)26)8-11(10)2)18-16(21)9-27-17(22)12-5-3-4-6-14(12)19(23)24/h3-8H,9H2,1-2H3,(H,18,21). The zero-order chi connectivity index (χ0) is 20.1. The van der Waals surface area contributed by atoms with E-state index in [0.717, 1.165) is 11.6 Å². The Bertz CT molecular complexity index is 940. The molecule has 0 radical (unpaired) electrons. The van der Waals surface area contributed by atoms with E-state index in [1.165, 1.54) is 30.3 Å². The summed E-state index contributed by atoms with van der Waals surface area (Å²) >= 11 is 0. The van der Waals surface area contributed by atoms with Gasteiger partial charge in [0.15, 0.2) is 6.61 Å². The minimum Gasteiger partial charge on any atom is -0.452 e. The third-order valence-electron chi connectivity index (χ3n) is 3.74. The van der Waals surface area contributed by atoms with Gasteiger partial charge in [-0.1, -0.05) is 12.1 Å². The van der Waals surface area contributed by atoms with Crippen LogP contribution in [-0.2, 0) is 9.53 Å². The van der Waals surface area contributed by atoms with Crippen molar-refractivity contribution in [3.05, 3.63) is 73.3 Å². The van der Waals surface area contributed by atoms with Crippen molar-refractivity contribution in [1.29, 1.82) is 0 Å². The van der Waals surface area contributed by atoms with Crippen molar-refractivity contribution in [3.8, 4) is 0 Å². The number of nitro groups is 2. The first kappa shape index (κ1) is 19.5. The maximum absolute atomic E-state index is 12.0. The summed E-state index contributed by atoms with van der Waals surface area (Å²) in [5, 5.41) is 24.4. The third kappa shape index (κ3) is 4.63. The van der Waals surface area contributed by atoms with Crippen molar-refractivity contribution in [2.75, 3.05) is 11.9 Å². The molecule has 140 valence electrons. The molecule has 0 aromatic heterocycles. The average molecular weight is 373 g/mol. The lowest BCUT2D eigenvalue weighted by Gasteiger charge is -2.09. The molecule has 1 amide bonds. The van der Waals surface area contributed by atoms with Crippen LogP contribution in [0, 0.1) is 34.1 Å². The smallest absolute Gasteiger partial charge is 0.345 e. The van der Waals surface area contributed by atoms with E-state index >= 15 is 0 Å². The SMILES string of the molecule is Cc1cc(NC(=O)COC(=O)c2ccccc2[N+](=O)[O-])c([N+](=O)[O-])cc1C. The van der Waals surface area contributed by atoms with Gasteiger partial charge >= 0.3 is 5.97 Å². The molecule has 0 spiro atoms. The topological polar surface area (TPSA) is 142 Å². The van der Waals surface area contributed by atoms with Gasteiger partial charge < -0.3 is 10.1 Å². The highest BCUT2D eigenvalue weighted by Crippen LogP contribution is 2.28. The number of nitrogens with one attached hydrogen (secondary N) is 1. The number of ether oxygens (including phenoxy) is 1. The zero-order valence-corrected chi connectivity index (χ0v) is 14.4. The first-order valence-corrected chi connectivity index (χ1v) is 7.66. The summed E-state index contributed by atoms with van der Waals surface area (Å²) in [6.45, 7) is 2.67. The van der Waals surface area contributed by atoms with E-state index in [0.29, 0.717) is 5.56 Å². The maximum Gasteiger partial charge on any atom is 0.345 e. The van der Waals surface area contributed by atoms with Crippen LogP contribution in [0.5, 0.6) is 0 Å². The Hall–Kier alpha value is -3.82. The lowest BCUT2D eigenvalue weighted by Crippen LogP contribution is -2.22. The van der Waals surface area contributed by atoms with Gasteiger partial charge in [0.25, 0.3) is 17.3 Å². The van der Waals surface area contributed by atoms with Gasteiger partial charge in [0, 0.05) is 12.1 Å². The Labute approximate surface area is 153 Å². The summed E-state index contributed by atoms with van der Waals surface area (Å²) in [5.41, 5.74) is 0.335. The Kier molecular flexibility index (Phi) is 5.81. The summed E-state index contributed by atoms with van der Waals surface area (Å²) in [6.07, 6.45) is 0. The van der Waals surface area contributed by atoms with E-state index in [-0.39, 0.29) is 16.9 Å². The molecule has 1 N–H and O–H groups in total. The van der Waals surface area contributed by atoms with Crippen LogP contribution in [0.2, 0.25) is 0 Å². The van der Waals surface area contributed by atoms with Crippen molar-refractivity contribution in [2.24, 2.45) is 0 Å². The first-order valence-electron chi connectivity index (χ1n) is 7.66. The van der Waals surface area contributed by atoms with Gasteiger partial charge in [0.05, 0.1) is 9.85 Å². The van der Waals surface area contributed by atoms with Crippen LogP contribution in [0.25, 0.3) is 0 Å². The number of nitrogens with zero attached hydrogens (tertiary/aromatic N) is 2.